The van der Waals surface area contributed by atoms with Gasteiger partial charge in [-0.25, -0.2) is 0 Å². The predicted octanol–water partition coefficient (Wildman–Crippen LogP) is 3.48. The topological polar surface area (TPSA) is 61.4 Å². The lowest BCUT2D eigenvalue weighted by molar-refractivity contribution is -0.132. The predicted molar refractivity (Wildman–Crippen MR) is 101 cm³/mol. The molecule has 1 aliphatic rings. The minimum atomic E-state index is -0.673. The minimum absolute atomic E-state index is 0.614. The van der Waals surface area contributed by atoms with Crippen LogP contribution in [0.3, 0.4) is 0 Å². The Balaban J connectivity index is 1.60. The van der Waals surface area contributed by atoms with Crippen molar-refractivity contribution in [3.8, 4) is 0 Å². The molecule has 2 aromatic rings. The maximum Gasteiger partial charge on any atom is 0.314 e. The van der Waals surface area contributed by atoms with E-state index in [9.17, 15) is 9.59 Å². The lowest BCUT2D eigenvalue weighted by atomic mass is 10.1. The molecule has 2 amide bonds. The van der Waals surface area contributed by atoms with Gasteiger partial charge in [0.25, 0.3) is 0 Å². The number of benzene rings is 2. The molecule has 0 bridgehead atoms. The SMILES string of the molecule is Cc1cc(C)cc(NC(=O)C(=O)Nc2ccc(N3CCCC3)cc2)c1. The third kappa shape index (κ3) is 4.38. The summed E-state index contributed by atoms with van der Waals surface area (Å²) in [5.74, 6) is -1.35. The normalized spacial score (nSPS) is 13.6. The average molecular weight is 337 g/mol. The van der Waals surface area contributed by atoms with E-state index in [2.05, 4.69) is 15.5 Å². The largest absolute Gasteiger partial charge is 0.372 e. The molecule has 130 valence electrons. The van der Waals surface area contributed by atoms with Gasteiger partial charge in [-0.2, -0.15) is 0 Å². The third-order valence-electron chi connectivity index (χ3n) is 4.28. The Hall–Kier alpha value is -2.82. The van der Waals surface area contributed by atoms with Gasteiger partial charge in [0, 0.05) is 30.2 Å². The van der Waals surface area contributed by atoms with Gasteiger partial charge in [0.2, 0.25) is 0 Å². The van der Waals surface area contributed by atoms with E-state index in [4.69, 9.17) is 0 Å². The van der Waals surface area contributed by atoms with E-state index in [0.29, 0.717) is 11.4 Å². The van der Waals surface area contributed by atoms with Crippen LogP contribution in [-0.2, 0) is 9.59 Å². The van der Waals surface area contributed by atoms with Gasteiger partial charge in [0.15, 0.2) is 0 Å². The van der Waals surface area contributed by atoms with E-state index >= 15 is 0 Å². The standard InChI is InChI=1S/C20H23N3O2/c1-14-11-15(2)13-17(12-14)22-20(25)19(24)21-16-5-7-18(8-6-16)23-9-3-4-10-23/h5-8,11-13H,3-4,9-10H2,1-2H3,(H,21,24)(H,22,25). The summed E-state index contributed by atoms with van der Waals surface area (Å²) in [4.78, 5) is 26.5. The van der Waals surface area contributed by atoms with Gasteiger partial charge in [0.1, 0.15) is 0 Å². The van der Waals surface area contributed by atoms with E-state index in [0.717, 1.165) is 29.9 Å². The quantitative estimate of drug-likeness (QED) is 0.843. The fourth-order valence-corrected chi connectivity index (χ4v) is 3.15. The molecule has 5 nitrogen and oxygen atoms in total. The average Bonchev–Trinajstić information content (AvgIpc) is 3.09. The van der Waals surface area contributed by atoms with Crippen LogP contribution in [0.4, 0.5) is 17.1 Å². The van der Waals surface area contributed by atoms with Crippen LogP contribution in [0, 0.1) is 13.8 Å². The van der Waals surface area contributed by atoms with Crippen LogP contribution in [-0.4, -0.2) is 24.9 Å². The fourth-order valence-electron chi connectivity index (χ4n) is 3.15. The number of hydrogen-bond donors (Lipinski definition) is 2. The lowest BCUT2D eigenvalue weighted by Gasteiger charge is -2.17. The molecule has 0 saturated carbocycles. The molecule has 1 saturated heterocycles. The van der Waals surface area contributed by atoms with Gasteiger partial charge < -0.3 is 15.5 Å². The van der Waals surface area contributed by atoms with Crippen LogP contribution < -0.4 is 15.5 Å². The van der Waals surface area contributed by atoms with Crippen molar-refractivity contribution < 1.29 is 9.59 Å². The summed E-state index contributed by atoms with van der Waals surface area (Å²) in [6, 6.07) is 13.3. The molecule has 0 atom stereocenters. The molecule has 2 N–H and O–H groups in total. The van der Waals surface area contributed by atoms with Crippen LogP contribution in [0.1, 0.15) is 24.0 Å². The Morgan fingerprint density at radius 2 is 1.32 bits per heavy atom. The Morgan fingerprint density at radius 3 is 1.88 bits per heavy atom. The molecule has 0 aromatic heterocycles. The van der Waals surface area contributed by atoms with Crippen LogP contribution in [0.2, 0.25) is 0 Å². The molecular weight excluding hydrogens is 314 g/mol. The fraction of sp³-hybridized carbons (Fsp3) is 0.300. The molecule has 0 spiro atoms. The van der Waals surface area contributed by atoms with Gasteiger partial charge in [-0.15, -0.1) is 0 Å². The van der Waals surface area contributed by atoms with Crippen LogP contribution in [0.5, 0.6) is 0 Å². The number of nitrogens with zero attached hydrogens (tertiary/aromatic N) is 1. The zero-order valence-electron chi connectivity index (χ0n) is 14.6. The van der Waals surface area contributed by atoms with Gasteiger partial charge in [-0.1, -0.05) is 6.07 Å². The van der Waals surface area contributed by atoms with E-state index in [1.807, 2.05) is 56.3 Å². The Bertz CT molecular complexity index is 758. The van der Waals surface area contributed by atoms with E-state index < -0.39 is 11.8 Å². The van der Waals surface area contributed by atoms with Gasteiger partial charge in [-0.3, -0.25) is 9.59 Å². The number of anilines is 3. The molecule has 1 aliphatic heterocycles. The highest BCUT2D eigenvalue weighted by Crippen LogP contribution is 2.22. The first-order valence-electron chi connectivity index (χ1n) is 8.57. The monoisotopic (exact) mass is 337 g/mol. The Labute approximate surface area is 148 Å². The maximum atomic E-state index is 12.1. The number of aryl methyl sites for hydroxylation is 2. The van der Waals surface area contributed by atoms with Crippen molar-refractivity contribution in [2.45, 2.75) is 26.7 Å². The van der Waals surface area contributed by atoms with Gasteiger partial charge in [-0.05, 0) is 74.2 Å². The number of amides is 2. The molecule has 1 heterocycles. The first kappa shape index (κ1) is 17.0. The number of carbonyl (C=O) groups excluding carboxylic acids is 2. The van der Waals surface area contributed by atoms with Crippen molar-refractivity contribution in [1.82, 2.24) is 0 Å². The summed E-state index contributed by atoms with van der Waals surface area (Å²) in [7, 11) is 0. The first-order valence-corrected chi connectivity index (χ1v) is 8.57. The van der Waals surface area contributed by atoms with Crippen molar-refractivity contribution in [1.29, 1.82) is 0 Å². The highest BCUT2D eigenvalue weighted by atomic mass is 16.2. The number of carbonyl (C=O) groups is 2. The molecule has 5 heteroatoms. The summed E-state index contributed by atoms with van der Waals surface area (Å²) >= 11 is 0. The highest BCUT2D eigenvalue weighted by Gasteiger charge is 2.15. The summed E-state index contributed by atoms with van der Waals surface area (Å²) in [5.41, 5.74) is 4.46. The molecule has 25 heavy (non-hydrogen) atoms. The smallest absolute Gasteiger partial charge is 0.314 e. The van der Waals surface area contributed by atoms with Gasteiger partial charge >= 0.3 is 11.8 Å². The molecule has 0 radical (unpaired) electrons. The molecule has 0 aliphatic carbocycles. The molecule has 3 rings (SSSR count). The van der Waals surface area contributed by atoms with Crippen LogP contribution >= 0.6 is 0 Å². The van der Waals surface area contributed by atoms with Gasteiger partial charge in [0.05, 0.1) is 0 Å². The molecule has 2 aromatic carbocycles. The summed E-state index contributed by atoms with van der Waals surface area (Å²) < 4.78 is 0. The second-order valence-corrected chi connectivity index (χ2v) is 6.53. The number of rotatable bonds is 3. The van der Waals surface area contributed by atoms with E-state index in [1.165, 1.54) is 12.8 Å². The van der Waals surface area contributed by atoms with Crippen molar-refractivity contribution in [3.63, 3.8) is 0 Å². The van der Waals surface area contributed by atoms with Crippen molar-refractivity contribution in [2.75, 3.05) is 28.6 Å². The van der Waals surface area contributed by atoms with Crippen molar-refractivity contribution >= 4 is 28.9 Å². The minimum Gasteiger partial charge on any atom is -0.372 e. The maximum absolute atomic E-state index is 12.1. The van der Waals surface area contributed by atoms with Crippen molar-refractivity contribution in [3.05, 3.63) is 53.6 Å². The Morgan fingerprint density at radius 1 is 0.800 bits per heavy atom. The van der Waals surface area contributed by atoms with Crippen LogP contribution in [0.25, 0.3) is 0 Å². The number of nitrogens with one attached hydrogen (secondary N) is 2. The van der Waals surface area contributed by atoms with E-state index in [-0.39, 0.29) is 0 Å². The highest BCUT2D eigenvalue weighted by molar-refractivity contribution is 6.43. The summed E-state index contributed by atoms with van der Waals surface area (Å²) in [6.07, 6.45) is 2.44. The zero-order chi connectivity index (χ0) is 17.8. The summed E-state index contributed by atoms with van der Waals surface area (Å²) in [6.45, 7) is 6.04. The first-order chi connectivity index (χ1) is 12.0. The zero-order valence-corrected chi connectivity index (χ0v) is 14.6. The van der Waals surface area contributed by atoms with E-state index in [1.54, 1.807) is 0 Å². The molecule has 0 unspecified atom stereocenters. The summed E-state index contributed by atoms with van der Waals surface area (Å²) in [5, 5.41) is 5.28. The molecular formula is C20H23N3O2. The Kier molecular flexibility index (Phi) is 5.03. The van der Waals surface area contributed by atoms with Crippen LogP contribution in [0.15, 0.2) is 42.5 Å². The lowest BCUT2D eigenvalue weighted by Crippen LogP contribution is -2.29. The number of hydrogen-bond acceptors (Lipinski definition) is 3. The second-order valence-electron chi connectivity index (χ2n) is 6.53. The molecule has 1 fully saturated rings. The second kappa shape index (κ2) is 7.38. The van der Waals surface area contributed by atoms with Crippen molar-refractivity contribution in [2.24, 2.45) is 0 Å². The third-order valence-corrected chi connectivity index (χ3v) is 4.28.